The van der Waals surface area contributed by atoms with E-state index in [9.17, 15) is 18.0 Å². The van der Waals surface area contributed by atoms with Gasteiger partial charge in [0.15, 0.2) is 0 Å². The number of nitrogens with zero attached hydrogens (tertiary/aromatic N) is 1. The van der Waals surface area contributed by atoms with E-state index in [-0.39, 0.29) is 18.8 Å². The van der Waals surface area contributed by atoms with Crippen LogP contribution in [0.1, 0.15) is 5.56 Å². The highest BCUT2D eigenvalue weighted by Crippen LogP contribution is 2.36. The number of methoxy groups -OCH3 is 1. The van der Waals surface area contributed by atoms with Crippen molar-refractivity contribution in [2.24, 2.45) is 0 Å². The van der Waals surface area contributed by atoms with Gasteiger partial charge in [0.1, 0.15) is 5.88 Å². The van der Waals surface area contributed by atoms with Gasteiger partial charge in [0, 0.05) is 13.7 Å². The molecule has 106 valence electrons. The van der Waals surface area contributed by atoms with Crippen molar-refractivity contribution in [2.75, 3.05) is 31.0 Å². The molecule has 0 N–H and O–H groups in total. The van der Waals surface area contributed by atoms with E-state index in [4.69, 9.17) is 16.3 Å². The zero-order valence-electron chi connectivity index (χ0n) is 10.2. The van der Waals surface area contributed by atoms with Crippen molar-refractivity contribution >= 4 is 23.2 Å². The molecule has 0 aliphatic carbocycles. The van der Waals surface area contributed by atoms with Crippen molar-refractivity contribution in [1.82, 2.24) is 0 Å². The Balaban J connectivity index is 3.18. The first kappa shape index (κ1) is 15.8. The van der Waals surface area contributed by atoms with E-state index in [0.29, 0.717) is 0 Å². The fourth-order valence-electron chi connectivity index (χ4n) is 1.58. The molecule has 0 aromatic heterocycles. The van der Waals surface area contributed by atoms with Gasteiger partial charge in [-0.1, -0.05) is 12.1 Å². The third-order valence-corrected chi connectivity index (χ3v) is 2.66. The number of carbonyl (C=O) groups excluding carboxylic acids is 1. The summed E-state index contributed by atoms with van der Waals surface area (Å²) in [6.07, 6.45) is -4.53. The number of halogens is 4. The van der Waals surface area contributed by atoms with Gasteiger partial charge in [-0.05, 0) is 12.1 Å². The van der Waals surface area contributed by atoms with Crippen LogP contribution in [0.15, 0.2) is 24.3 Å². The Labute approximate surface area is 113 Å². The number of benzene rings is 1. The van der Waals surface area contributed by atoms with Crippen molar-refractivity contribution in [1.29, 1.82) is 0 Å². The van der Waals surface area contributed by atoms with Crippen molar-refractivity contribution < 1.29 is 22.7 Å². The van der Waals surface area contributed by atoms with Crippen LogP contribution in [0.25, 0.3) is 0 Å². The van der Waals surface area contributed by atoms with Crippen molar-refractivity contribution in [3.63, 3.8) is 0 Å². The maximum Gasteiger partial charge on any atom is 0.418 e. The molecule has 0 spiro atoms. The molecule has 0 aliphatic heterocycles. The maximum absolute atomic E-state index is 12.9. The van der Waals surface area contributed by atoms with E-state index in [1.165, 1.54) is 25.3 Å². The minimum atomic E-state index is -4.53. The van der Waals surface area contributed by atoms with Crippen LogP contribution in [-0.2, 0) is 15.7 Å². The quantitative estimate of drug-likeness (QED) is 0.782. The molecule has 1 amide bonds. The predicted octanol–water partition coefficient (Wildman–Crippen LogP) is 2.92. The summed E-state index contributed by atoms with van der Waals surface area (Å²) in [7, 11) is 1.40. The molecule has 0 heterocycles. The van der Waals surface area contributed by atoms with Gasteiger partial charge in [0.2, 0.25) is 5.91 Å². The van der Waals surface area contributed by atoms with E-state index >= 15 is 0 Å². The van der Waals surface area contributed by atoms with Gasteiger partial charge in [0.25, 0.3) is 0 Å². The fourth-order valence-corrected chi connectivity index (χ4v) is 1.73. The average molecular weight is 296 g/mol. The van der Waals surface area contributed by atoms with Gasteiger partial charge in [0.05, 0.1) is 17.9 Å². The standard InChI is InChI=1S/C12H13ClF3NO2/c1-19-7-6-17(11(18)8-13)10-5-3-2-4-9(10)12(14,15)16/h2-5H,6-8H2,1H3. The van der Waals surface area contributed by atoms with Crippen LogP contribution < -0.4 is 4.90 Å². The first-order valence-corrected chi connectivity index (χ1v) is 5.96. The normalized spacial score (nSPS) is 11.4. The zero-order chi connectivity index (χ0) is 14.5. The molecule has 7 heteroatoms. The van der Waals surface area contributed by atoms with Gasteiger partial charge in [-0.15, -0.1) is 11.6 Å². The number of amides is 1. The van der Waals surface area contributed by atoms with Crippen molar-refractivity contribution in [3.8, 4) is 0 Å². The molecule has 0 atom stereocenters. The molecule has 0 fully saturated rings. The molecule has 1 aromatic rings. The molecule has 1 rings (SSSR count). The molecule has 0 bridgehead atoms. The number of hydrogen-bond acceptors (Lipinski definition) is 2. The van der Waals surface area contributed by atoms with E-state index in [1.807, 2.05) is 0 Å². The Morgan fingerprint density at radius 3 is 2.53 bits per heavy atom. The van der Waals surface area contributed by atoms with Gasteiger partial charge in [-0.2, -0.15) is 13.2 Å². The minimum Gasteiger partial charge on any atom is -0.383 e. The Hall–Kier alpha value is -1.27. The lowest BCUT2D eigenvalue weighted by Gasteiger charge is -2.25. The molecule has 19 heavy (non-hydrogen) atoms. The Morgan fingerprint density at radius 1 is 1.37 bits per heavy atom. The lowest BCUT2D eigenvalue weighted by molar-refractivity contribution is -0.137. The Bertz CT molecular complexity index is 437. The number of para-hydroxylation sites is 1. The molecule has 0 saturated heterocycles. The molecule has 0 radical (unpaired) electrons. The molecule has 3 nitrogen and oxygen atoms in total. The summed E-state index contributed by atoms with van der Waals surface area (Å²) in [4.78, 5) is 12.7. The number of anilines is 1. The Morgan fingerprint density at radius 2 is 2.00 bits per heavy atom. The zero-order valence-corrected chi connectivity index (χ0v) is 11.0. The summed E-state index contributed by atoms with van der Waals surface area (Å²) in [5, 5.41) is 0. The first-order chi connectivity index (χ1) is 8.91. The second-order valence-electron chi connectivity index (χ2n) is 3.69. The highest BCUT2D eigenvalue weighted by molar-refractivity contribution is 6.29. The fraction of sp³-hybridized carbons (Fsp3) is 0.417. The summed E-state index contributed by atoms with van der Waals surface area (Å²) in [5.41, 5.74) is -1.08. The Kier molecular flexibility index (Phi) is 5.62. The van der Waals surface area contributed by atoms with E-state index in [2.05, 4.69) is 0 Å². The largest absolute Gasteiger partial charge is 0.418 e. The first-order valence-electron chi connectivity index (χ1n) is 5.43. The summed E-state index contributed by atoms with van der Waals surface area (Å²) in [6, 6.07) is 4.87. The second-order valence-corrected chi connectivity index (χ2v) is 3.95. The molecular formula is C12H13ClF3NO2. The third-order valence-electron chi connectivity index (χ3n) is 2.43. The highest BCUT2D eigenvalue weighted by atomic mass is 35.5. The van der Waals surface area contributed by atoms with Gasteiger partial charge >= 0.3 is 6.18 Å². The summed E-state index contributed by atoms with van der Waals surface area (Å²) in [6.45, 7) is 0.129. The van der Waals surface area contributed by atoms with Crippen LogP contribution in [0.4, 0.5) is 18.9 Å². The third kappa shape index (κ3) is 4.11. The minimum absolute atomic E-state index is 0.00907. The number of hydrogen-bond donors (Lipinski definition) is 0. The van der Waals surface area contributed by atoms with E-state index in [1.54, 1.807) is 0 Å². The van der Waals surface area contributed by atoms with Crippen LogP contribution in [0.3, 0.4) is 0 Å². The van der Waals surface area contributed by atoms with Crippen molar-refractivity contribution in [2.45, 2.75) is 6.18 Å². The topological polar surface area (TPSA) is 29.5 Å². The predicted molar refractivity (Wildman–Crippen MR) is 66.4 cm³/mol. The summed E-state index contributed by atoms with van der Waals surface area (Å²) < 4.78 is 43.5. The van der Waals surface area contributed by atoms with Gasteiger partial charge in [-0.3, -0.25) is 4.79 Å². The van der Waals surface area contributed by atoms with E-state index < -0.39 is 23.5 Å². The SMILES string of the molecule is COCCN(C(=O)CCl)c1ccccc1C(F)(F)F. The number of carbonyl (C=O) groups is 1. The van der Waals surface area contributed by atoms with Crippen LogP contribution in [0.2, 0.25) is 0 Å². The smallest absolute Gasteiger partial charge is 0.383 e. The van der Waals surface area contributed by atoms with Crippen LogP contribution >= 0.6 is 11.6 Å². The van der Waals surface area contributed by atoms with E-state index in [0.717, 1.165) is 11.0 Å². The van der Waals surface area contributed by atoms with Crippen LogP contribution in [0, 0.1) is 0 Å². The number of alkyl halides is 4. The van der Waals surface area contributed by atoms with Gasteiger partial charge in [-0.25, -0.2) is 0 Å². The molecule has 0 aliphatic rings. The summed E-state index contributed by atoms with van der Waals surface area (Å²) >= 11 is 5.43. The summed E-state index contributed by atoms with van der Waals surface area (Å²) in [5.74, 6) is -0.994. The molecule has 1 aromatic carbocycles. The monoisotopic (exact) mass is 295 g/mol. The average Bonchev–Trinajstić information content (AvgIpc) is 2.38. The van der Waals surface area contributed by atoms with Crippen LogP contribution in [-0.4, -0.2) is 32.0 Å². The number of ether oxygens (including phenoxy) is 1. The maximum atomic E-state index is 12.9. The lowest BCUT2D eigenvalue weighted by Crippen LogP contribution is -2.36. The second kappa shape index (κ2) is 6.77. The molecule has 0 unspecified atom stereocenters. The lowest BCUT2D eigenvalue weighted by atomic mass is 10.1. The van der Waals surface area contributed by atoms with Crippen LogP contribution in [0.5, 0.6) is 0 Å². The molecule has 0 saturated carbocycles. The van der Waals surface area contributed by atoms with Gasteiger partial charge < -0.3 is 9.64 Å². The highest BCUT2D eigenvalue weighted by Gasteiger charge is 2.35. The molecular weight excluding hydrogens is 283 g/mol. The number of rotatable bonds is 5. The van der Waals surface area contributed by atoms with Crippen molar-refractivity contribution in [3.05, 3.63) is 29.8 Å².